The molecule has 2 heterocycles. The minimum absolute atomic E-state index is 0.262. The van der Waals surface area contributed by atoms with Crippen molar-refractivity contribution in [1.82, 2.24) is 20.0 Å². The van der Waals surface area contributed by atoms with Crippen molar-refractivity contribution in [3.05, 3.63) is 75.8 Å². The topological polar surface area (TPSA) is 85.8 Å². The van der Waals surface area contributed by atoms with Gasteiger partial charge in [0.1, 0.15) is 5.76 Å². The number of benzene rings is 2. The summed E-state index contributed by atoms with van der Waals surface area (Å²) in [6.07, 6.45) is 0. The third-order valence-electron chi connectivity index (χ3n) is 4.56. The maximum atomic E-state index is 12.8. The summed E-state index contributed by atoms with van der Waals surface area (Å²) in [5.74, 6) is 0.961. The number of carbonyl (C=O) groups is 1. The molecule has 2 aromatic carbocycles. The Morgan fingerprint density at radius 3 is 2.62 bits per heavy atom. The standard InChI is InChI=1S/C21H18BrN5O2/c1-12-14(3)29-21(23-12)15-6-4-8-17(10-15)24-20(28)19-13(2)27(26-25-19)18-9-5-7-16(22)11-18/h4-11H,1-3H3,(H,24,28). The molecule has 0 saturated heterocycles. The van der Waals surface area contributed by atoms with Gasteiger partial charge >= 0.3 is 0 Å². The molecule has 1 N–H and O–H groups in total. The molecule has 0 radical (unpaired) electrons. The Labute approximate surface area is 175 Å². The molecule has 2 aromatic heterocycles. The number of aryl methyl sites for hydroxylation is 2. The molecule has 0 saturated carbocycles. The Bertz CT molecular complexity index is 1190. The second-order valence-electron chi connectivity index (χ2n) is 6.61. The fourth-order valence-corrected chi connectivity index (χ4v) is 3.30. The first-order chi connectivity index (χ1) is 13.9. The van der Waals surface area contributed by atoms with E-state index in [0.717, 1.165) is 27.2 Å². The van der Waals surface area contributed by atoms with Crippen LogP contribution in [0.25, 0.3) is 17.1 Å². The Balaban J connectivity index is 1.58. The number of aromatic nitrogens is 4. The van der Waals surface area contributed by atoms with Gasteiger partial charge in [0.2, 0.25) is 5.89 Å². The first-order valence-electron chi connectivity index (χ1n) is 8.96. The number of oxazole rings is 1. The van der Waals surface area contributed by atoms with Crippen molar-refractivity contribution >= 4 is 27.5 Å². The molecule has 7 nitrogen and oxygen atoms in total. The lowest BCUT2D eigenvalue weighted by atomic mass is 10.2. The number of nitrogens with zero attached hydrogens (tertiary/aromatic N) is 4. The van der Waals surface area contributed by atoms with Crippen molar-refractivity contribution in [2.24, 2.45) is 0 Å². The van der Waals surface area contributed by atoms with Gasteiger partial charge in [-0.25, -0.2) is 9.67 Å². The molecule has 0 bridgehead atoms. The van der Waals surface area contributed by atoms with E-state index in [0.29, 0.717) is 17.3 Å². The predicted molar refractivity (Wildman–Crippen MR) is 113 cm³/mol. The molecule has 0 atom stereocenters. The SMILES string of the molecule is Cc1nc(-c2cccc(NC(=O)c3nnn(-c4cccc(Br)c4)c3C)c2)oc1C. The molecule has 4 aromatic rings. The van der Waals surface area contributed by atoms with Crippen molar-refractivity contribution in [3.8, 4) is 17.1 Å². The summed E-state index contributed by atoms with van der Waals surface area (Å²) in [5, 5.41) is 11.1. The second kappa shape index (κ2) is 7.63. The van der Waals surface area contributed by atoms with E-state index in [1.54, 1.807) is 10.7 Å². The lowest BCUT2D eigenvalue weighted by Gasteiger charge is -2.06. The highest BCUT2D eigenvalue weighted by Crippen LogP contribution is 2.24. The largest absolute Gasteiger partial charge is 0.441 e. The van der Waals surface area contributed by atoms with E-state index >= 15 is 0 Å². The first-order valence-corrected chi connectivity index (χ1v) is 9.76. The van der Waals surface area contributed by atoms with Crippen molar-refractivity contribution in [2.45, 2.75) is 20.8 Å². The number of carbonyl (C=O) groups excluding carboxylic acids is 1. The van der Waals surface area contributed by atoms with E-state index in [-0.39, 0.29) is 11.6 Å². The first kappa shape index (κ1) is 19.1. The van der Waals surface area contributed by atoms with Crippen LogP contribution >= 0.6 is 15.9 Å². The molecule has 0 aliphatic carbocycles. The molecule has 29 heavy (non-hydrogen) atoms. The van der Waals surface area contributed by atoms with Gasteiger partial charge in [0.25, 0.3) is 5.91 Å². The highest BCUT2D eigenvalue weighted by Gasteiger charge is 2.18. The van der Waals surface area contributed by atoms with Crippen LogP contribution in [-0.4, -0.2) is 25.9 Å². The zero-order valence-electron chi connectivity index (χ0n) is 16.1. The summed E-state index contributed by atoms with van der Waals surface area (Å²) in [6, 6.07) is 15.0. The quantitative estimate of drug-likeness (QED) is 0.478. The predicted octanol–water partition coefficient (Wildman–Crippen LogP) is 4.86. The van der Waals surface area contributed by atoms with E-state index in [2.05, 4.69) is 36.5 Å². The van der Waals surface area contributed by atoms with Crippen molar-refractivity contribution in [3.63, 3.8) is 0 Å². The van der Waals surface area contributed by atoms with Gasteiger partial charge in [-0.1, -0.05) is 33.3 Å². The van der Waals surface area contributed by atoms with Gasteiger partial charge in [-0.3, -0.25) is 4.79 Å². The van der Waals surface area contributed by atoms with Crippen LogP contribution in [0.3, 0.4) is 0 Å². The average molecular weight is 452 g/mol. The Morgan fingerprint density at radius 2 is 1.90 bits per heavy atom. The molecule has 0 aliphatic heterocycles. The number of rotatable bonds is 4. The number of anilines is 1. The number of hydrogen-bond acceptors (Lipinski definition) is 5. The highest BCUT2D eigenvalue weighted by molar-refractivity contribution is 9.10. The van der Waals surface area contributed by atoms with Crippen LogP contribution in [0.4, 0.5) is 5.69 Å². The van der Waals surface area contributed by atoms with Crippen LogP contribution < -0.4 is 5.32 Å². The summed E-state index contributed by atoms with van der Waals surface area (Å²) in [7, 11) is 0. The van der Waals surface area contributed by atoms with Crippen LogP contribution in [0.1, 0.15) is 27.6 Å². The maximum absolute atomic E-state index is 12.8. The zero-order valence-corrected chi connectivity index (χ0v) is 17.7. The van der Waals surface area contributed by atoms with Gasteiger partial charge in [0, 0.05) is 15.7 Å². The van der Waals surface area contributed by atoms with E-state index in [1.165, 1.54) is 0 Å². The number of nitrogens with one attached hydrogen (secondary N) is 1. The Kier molecular flexibility index (Phi) is 5.02. The van der Waals surface area contributed by atoms with Gasteiger partial charge in [0.15, 0.2) is 5.69 Å². The number of hydrogen-bond donors (Lipinski definition) is 1. The summed E-state index contributed by atoms with van der Waals surface area (Å²) >= 11 is 3.44. The minimum atomic E-state index is -0.333. The molecule has 0 unspecified atom stereocenters. The molecule has 8 heteroatoms. The minimum Gasteiger partial charge on any atom is -0.441 e. The second-order valence-corrected chi connectivity index (χ2v) is 7.53. The lowest BCUT2D eigenvalue weighted by molar-refractivity contribution is 0.102. The summed E-state index contributed by atoms with van der Waals surface area (Å²) in [5.41, 5.74) is 3.98. The fraction of sp³-hybridized carbons (Fsp3) is 0.143. The fourth-order valence-electron chi connectivity index (χ4n) is 2.91. The lowest BCUT2D eigenvalue weighted by Crippen LogP contribution is -2.14. The average Bonchev–Trinajstić information content (AvgIpc) is 3.24. The van der Waals surface area contributed by atoms with E-state index < -0.39 is 0 Å². The van der Waals surface area contributed by atoms with Gasteiger partial charge < -0.3 is 9.73 Å². The summed E-state index contributed by atoms with van der Waals surface area (Å²) < 4.78 is 8.23. The molecule has 1 amide bonds. The van der Waals surface area contributed by atoms with Gasteiger partial charge in [0.05, 0.1) is 17.1 Å². The van der Waals surface area contributed by atoms with Crippen LogP contribution in [0.15, 0.2) is 57.4 Å². The molecule has 4 rings (SSSR count). The van der Waals surface area contributed by atoms with Gasteiger partial charge in [-0.05, 0) is 57.2 Å². The Morgan fingerprint density at radius 1 is 1.10 bits per heavy atom. The molecule has 146 valence electrons. The van der Waals surface area contributed by atoms with Crippen molar-refractivity contribution in [2.75, 3.05) is 5.32 Å². The summed E-state index contributed by atoms with van der Waals surface area (Å²) in [6.45, 7) is 5.57. The maximum Gasteiger partial charge on any atom is 0.278 e. The smallest absolute Gasteiger partial charge is 0.278 e. The molecule has 0 spiro atoms. The summed E-state index contributed by atoms with van der Waals surface area (Å²) in [4.78, 5) is 17.2. The third-order valence-corrected chi connectivity index (χ3v) is 5.05. The van der Waals surface area contributed by atoms with Gasteiger partial charge in [-0.2, -0.15) is 0 Å². The van der Waals surface area contributed by atoms with Crippen LogP contribution in [0, 0.1) is 20.8 Å². The zero-order chi connectivity index (χ0) is 20.5. The molecule has 0 aliphatic rings. The Hall–Kier alpha value is -3.26. The van der Waals surface area contributed by atoms with E-state index in [4.69, 9.17) is 4.42 Å². The van der Waals surface area contributed by atoms with E-state index in [1.807, 2.05) is 63.2 Å². The van der Waals surface area contributed by atoms with Crippen LogP contribution in [-0.2, 0) is 0 Å². The molecule has 0 fully saturated rings. The monoisotopic (exact) mass is 451 g/mol. The van der Waals surface area contributed by atoms with Crippen LogP contribution in [0.5, 0.6) is 0 Å². The highest BCUT2D eigenvalue weighted by atomic mass is 79.9. The van der Waals surface area contributed by atoms with Gasteiger partial charge in [-0.15, -0.1) is 5.10 Å². The van der Waals surface area contributed by atoms with Crippen molar-refractivity contribution < 1.29 is 9.21 Å². The van der Waals surface area contributed by atoms with Crippen LogP contribution in [0.2, 0.25) is 0 Å². The van der Waals surface area contributed by atoms with Crippen molar-refractivity contribution in [1.29, 1.82) is 0 Å². The number of halogens is 1. The third kappa shape index (κ3) is 3.84. The molecular formula is C21H18BrN5O2. The number of amides is 1. The molecular weight excluding hydrogens is 434 g/mol. The normalized spacial score (nSPS) is 10.9. The van der Waals surface area contributed by atoms with E-state index in [9.17, 15) is 4.79 Å².